The van der Waals surface area contributed by atoms with E-state index in [1.807, 2.05) is 13.8 Å². The quantitative estimate of drug-likeness (QED) is 0.731. The fourth-order valence-corrected chi connectivity index (χ4v) is 6.63. The van der Waals surface area contributed by atoms with Crippen LogP contribution >= 0.6 is 0 Å². The minimum Gasteiger partial charge on any atom is -0.493 e. The molecule has 0 atom stereocenters. The van der Waals surface area contributed by atoms with Crippen LogP contribution in [0.4, 0.5) is 0 Å². The lowest BCUT2D eigenvalue weighted by Crippen LogP contribution is -2.50. The zero-order chi connectivity index (χ0) is 20.8. The van der Waals surface area contributed by atoms with Crippen LogP contribution in [0.25, 0.3) is 0 Å². The van der Waals surface area contributed by atoms with Gasteiger partial charge in [0.05, 0.1) is 16.4 Å². The van der Waals surface area contributed by atoms with Crippen molar-refractivity contribution in [2.45, 2.75) is 30.1 Å². The maximum atomic E-state index is 13.0. The molecule has 0 aromatic heterocycles. The van der Waals surface area contributed by atoms with Gasteiger partial charge in [0.1, 0.15) is 5.75 Å². The highest BCUT2D eigenvalue weighted by atomic mass is 32.2. The van der Waals surface area contributed by atoms with E-state index in [9.17, 15) is 16.8 Å². The van der Waals surface area contributed by atoms with E-state index in [2.05, 4.69) is 0 Å². The second-order valence-corrected chi connectivity index (χ2v) is 11.3. The standard InChI is InChI=1S/C20H24N2O5S2/c1-15-3-4-18(13-16(15)2)28(23,24)21-8-10-22(11-9-21)29(25,26)19-5-6-20-17(14-19)7-12-27-20/h3-6,13-14H,7-12H2,1-2H3. The topological polar surface area (TPSA) is 84.0 Å². The number of ether oxygens (including phenoxy) is 1. The van der Waals surface area contributed by atoms with Gasteiger partial charge < -0.3 is 4.74 Å². The van der Waals surface area contributed by atoms with Gasteiger partial charge >= 0.3 is 0 Å². The number of fused-ring (bicyclic) bond motifs is 1. The summed E-state index contributed by atoms with van der Waals surface area (Å²) in [6.45, 7) is 4.87. The van der Waals surface area contributed by atoms with Crippen molar-refractivity contribution in [3.63, 3.8) is 0 Å². The van der Waals surface area contributed by atoms with E-state index in [-0.39, 0.29) is 36.0 Å². The largest absolute Gasteiger partial charge is 0.493 e. The lowest BCUT2D eigenvalue weighted by Gasteiger charge is -2.33. The molecule has 0 radical (unpaired) electrons. The van der Waals surface area contributed by atoms with Crippen molar-refractivity contribution in [3.05, 3.63) is 53.1 Å². The summed E-state index contributed by atoms with van der Waals surface area (Å²) < 4.78 is 60.1. The third-order valence-electron chi connectivity index (χ3n) is 5.61. The fraction of sp³-hybridized carbons (Fsp3) is 0.400. The molecule has 7 nitrogen and oxygen atoms in total. The molecule has 1 saturated heterocycles. The van der Waals surface area contributed by atoms with Gasteiger partial charge in [-0.2, -0.15) is 8.61 Å². The molecule has 2 aromatic carbocycles. The van der Waals surface area contributed by atoms with Gasteiger partial charge in [-0.1, -0.05) is 6.07 Å². The summed E-state index contributed by atoms with van der Waals surface area (Å²) in [5.41, 5.74) is 2.83. The van der Waals surface area contributed by atoms with Gasteiger partial charge in [0, 0.05) is 32.6 Å². The normalized spacial score (nSPS) is 18.4. The number of rotatable bonds is 4. The predicted molar refractivity (Wildman–Crippen MR) is 109 cm³/mol. The number of aryl methyl sites for hydroxylation is 2. The Hall–Kier alpha value is -1.94. The van der Waals surface area contributed by atoms with Crippen molar-refractivity contribution < 1.29 is 21.6 Å². The van der Waals surface area contributed by atoms with Crippen molar-refractivity contribution in [1.82, 2.24) is 8.61 Å². The van der Waals surface area contributed by atoms with Gasteiger partial charge in [-0.25, -0.2) is 16.8 Å². The number of hydrogen-bond acceptors (Lipinski definition) is 5. The summed E-state index contributed by atoms with van der Waals surface area (Å²) >= 11 is 0. The Kier molecular flexibility index (Phi) is 5.18. The average Bonchev–Trinajstić information content (AvgIpc) is 3.18. The van der Waals surface area contributed by atoms with Crippen molar-refractivity contribution in [3.8, 4) is 5.75 Å². The molecule has 0 bridgehead atoms. The first-order valence-corrected chi connectivity index (χ1v) is 12.4. The maximum Gasteiger partial charge on any atom is 0.243 e. The number of benzene rings is 2. The smallest absolute Gasteiger partial charge is 0.243 e. The summed E-state index contributed by atoms with van der Waals surface area (Å²) in [4.78, 5) is 0.475. The van der Waals surface area contributed by atoms with E-state index in [1.165, 1.54) is 8.61 Å². The first-order valence-electron chi connectivity index (χ1n) is 9.53. The van der Waals surface area contributed by atoms with E-state index in [0.29, 0.717) is 13.0 Å². The molecule has 0 amide bonds. The molecule has 2 aromatic rings. The Morgan fingerprint density at radius 1 is 0.759 bits per heavy atom. The van der Waals surface area contributed by atoms with Gasteiger partial charge in [0.2, 0.25) is 20.0 Å². The van der Waals surface area contributed by atoms with Crippen LogP contribution in [0.2, 0.25) is 0 Å². The van der Waals surface area contributed by atoms with Gasteiger partial charge in [-0.05, 0) is 60.9 Å². The van der Waals surface area contributed by atoms with Crippen LogP contribution in [0.5, 0.6) is 5.75 Å². The van der Waals surface area contributed by atoms with Crippen LogP contribution in [-0.2, 0) is 26.5 Å². The highest BCUT2D eigenvalue weighted by Gasteiger charge is 2.34. The summed E-state index contributed by atoms with van der Waals surface area (Å²) in [5, 5.41) is 0. The number of piperazine rings is 1. The SMILES string of the molecule is Cc1ccc(S(=O)(=O)N2CCN(S(=O)(=O)c3ccc4c(c3)CCO4)CC2)cc1C. The summed E-state index contributed by atoms with van der Waals surface area (Å²) in [5.74, 6) is 0.730. The molecular formula is C20H24N2O5S2. The molecule has 0 aliphatic carbocycles. The van der Waals surface area contributed by atoms with Crippen molar-refractivity contribution in [1.29, 1.82) is 0 Å². The van der Waals surface area contributed by atoms with Crippen LogP contribution in [0, 0.1) is 13.8 Å². The van der Waals surface area contributed by atoms with Crippen LogP contribution in [0.15, 0.2) is 46.2 Å². The molecule has 4 rings (SSSR count). The zero-order valence-corrected chi connectivity index (χ0v) is 18.1. The molecule has 156 valence electrons. The van der Waals surface area contributed by atoms with Crippen molar-refractivity contribution in [2.24, 2.45) is 0 Å². The molecule has 1 fully saturated rings. The Balaban J connectivity index is 1.50. The van der Waals surface area contributed by atoms with E-state index in [0.717, 1.165) is 22.4 Å². The van der Waals surface area contributed by atoms with Gasteiger partial charge in [0.25, 0.3) is 0 Å². The van der Waals surface area contributed by atoms with Crippen LogP contribution in [0.1, 0.15) is 16.7 Å². The molecule has 0 saturated carbocycles. The van der Waals surface area contributed by atoms with Crippen molar-refractivity contribution in [2.75, 3.05) is 32.8 Å². The molecule has 0 spiro atoms. The zero-order valence-electron chi connectivity index (χ0n) is 16.5. The maximum absolute atomic E-state index is 13.0. The molecule has 2 aliphatic rings. The Morgan fingerprint density at radius 3 is 1.90 bits per heavy atom. The second-order valence-electron chi connectivity index (χ2n) is 7.42. The van der Waals surface area contributed by atoms with Crippen LogP contribution in [-0.4, -0.2) is 58.2 Å². The summed E-state index contributed by atoms with van der Waals surface area (Å²) in [6.07, 6.45) is 0.695. The molecule has 0 unspecified atom stereocenters. The number of hydrogen-bond donors (Lipinski definition) is 0. The lowest BCUT2D eigenvalue weighted by atomic mass is 10.1. The highest BCUT2D eigenvalue weighted by molar-refractivity contribution is 7.89. The first-order chi connectivity index (χ1) is 13.7. The van der Waals surface area contributed by atoms with Gasteiger partial charge in [-0.3, -0.25) is 0 Å². The molecule has 9 heteroatoms. The fourth-order valence-electron chi connectivity index (χ4n) is 3.65. The average molecular weight is 437 g/mol. The van der Waals surface area contributed by atoms with Crippen LogP contribution < -0.4 is 4.74 Å². The summed E-state index contributed by atoms with van der Waals surface area (Å²) in [6, 6.07) is 9.97. The number of nitrogens with zero attached hydrogens (tertiary/aromatic N) is 2. The van der Waals surface area contributed by atoms with E-state index >= 15 is 0 Å². The van der Waals surface area contributed by atoms with Gasteiger partial charge in [-0.15, -0.1) is 0 Å². The molecular weight excluding hydrogens is 412 g/mol. The third kappa shape index (κ3) is 3.68. The molecule has 2 heterocycles. The minimum atomic E-state index is -3.67. The summed E-state index contributed by atoms with van der Waals surface area (Å²) in [7, 11) is -7.32. The third-order valence-corrected chi connectivity index (χ3v) is 9.40. The van der Waals surface area contributed by atoms with Crippen molar-refractivity contribution >= 4 is 20.0 Å². The Labute approximate surface area is 172 Å². The lowest BCUT2D eigenvalue weighted by molar-refractivity contribution is 0.273. The predicted octanol–water partition coefficient (Wildman–Crippen LogP) is 1.93. The Bertz CT molecular complexity index is 1150. The van der Waals surface area contributed by atoms with Gasteiger partial charge in [0.15, 0.2) is 0 Å². The van der Waals surface area contributed by atoms with E-state index in [1.54, 1.807) is 36.4 Å². The minimum absolute atomic E-state index is 0.125. The number of sulfonamides is 2. The monoisotopic (exact) mass is 436 g/mol. The first kappa shape index (κ1) is 20.3. The second kappa shape index (κ2) is 7.39. The molecule has 2 aliphatic heterocycles. The molecule has 29 heavy (non-hydrogen) atoms. The van der Waals surface area contributed by atoms with E-state index in [4.69, 9.17) is 4.74 Å². The highest BCUT2D eigenvalue weighted by Crippen LogP contribution is 2.29. The van der Waals surface area contributed by atoms with Crippen LogP contribution in [0.3, 0.4) is 0 Å². The Morgan fingerprint density at radius 2 is 1.31 bits per heavy atom. The molecule has 0 N–H and O–H groups in total. The van der Waals surface area contributed by atoms with E-state index < -0.39 is 20.0 Å².